The van der Waals surface area contributed by atoms with Crippen LogP contribution in [0.4, 0.5) is 4.39 Å². The van der Waals surface area contributed by atoms with Gasteiger partial charge in [-0.05, 0) is 68.8 Å². The van der Waals surface area contributed by atoms with E-state index in [1.54, 1.807) is 12.1 Å². The van der Waals surface area contributed by atoms with E-state index in [9.17, 15) is 9.50 Å². The maximum atomic E-state index is 13.3. The monoisotopic (exact) mass is 292 g/mol. The smallest absolute Gasteiger partial charge is 0.123 e. The lowest BCUT2D eigenvalue weighted by atomic mass is 9.92. The first kappa shape index (κ1) is 14.9. The third kappa shape index (κ3) is 3.82. The average Bonchev–Trinajstić information content (AvgIpc) is 2.96. The Morgan fingerprint density at radius 1 is 1.29 bits per heavy atom. The molecule has 0 amide bonds. The van der Waals surface area contributed by atoms with Crippen molar-refractivity contribution < 1.29 is 9.50 Å². The minimum atomic E-state index is -0.616. The maximum absolute atomic E-state index is 13.3. The summed E-state index contributed by atoms with van der Waals surface area (Å²) >= 11 is 0. The Bertz CT molecular complexity index is 462. The van der Waals surface area contributed by atoms with Gasteiger partial charge < -0.3 is 15.7 Å². The molecule has 0 aromatic heterocycles. The highest BCUT2D eigenvalue weighted by Crippen LogP contribution is 2.29. The van der Waals surface area contributed by atoms with Crippen molar-refractivity contribution >= 4 is 0 Å². The number of nitrogens with one attached hydrogen (secondary N) is 2. The molecular formula is C17H25FN2O. The van der Waals surface area contributed by atoms with E-state index in [2.05, 4.69) is 10.6 Å². The van der Waals surface area contributed by atoms with Crippen molar-refractivity contribution in [2.45, 2.75) is 50.3 Å². The van der Waals surface area contributed by atoms with Crippen LogP contribution in [0.3, 0.4) is 0 Å². The number of rotatable bonds is 4. The summed E-state index contributed by atoms with van der Waals surface area (Å²) in [7, 11) is 0. The molecule has 0 bridgehead atoms. The van der Waals surface area contributed by atoms with Gasteiger partial charge in [-0.15, -0.1) is 0 Å². The number of piperidine rings is 1. The molecule has 1 aromatic carbocycles. The van der Waals surface area contributed by atoms with Gasteiger partial charge in [-0.1, -0.05) is 12.1 Å². The van der Waals surface area contributed by atoms with E-state index in [4.69, 9.17) is 0 Å². The van der Waals surface area contributed by atoms with Crippen LogP contribution in [0.15, 0.2) is 24.3 Å². The zero-order chi connectivity index (χ0) is 14.7. The summed E-state index contributed by atoms with van der Waals surface area (Å²) < 4.78 is 13.3. The molecule has 2 fully saturated rings. The normalized spacial score (nSPS) is 31.2. The van der Waals surface area contributed by atoms with Gasteiger partial charge in [0.15, 0.2) is 0 Å². The van der Waals surface area contributed by atoms with Crippen molar-refractivity contribution in [3.05, 3.63) is 35.6 Å². The van der Waals surface area contributed by atoms with Crippen molar-refractivity contribution in [3.8, 4) is 0 Å². The Morgan fingerprint density at radius 3 is 2.95 bits per heavy atom. The molecule has 1 aromatic rings. The molecule has 4 atom stereocenters. The largest absolute Gasteiger partial charge is 0.387 e. The van der Waals surface area contributed by atoms with Crippen LogP contribution in [0.5, 0.6) is 0 Å². The molecule has 3 rings (SSSR count). The van der Waals surface area contributed by atoms with Crippen molar-refractivity contribution in [1.29, 1.82) is 0 Å². The third-order valence-corrected chi connectivity index (χ3v) is 4.86. The zero-order valence-electron chi connectivity index (χ0n) is 12.4. The summed E-state index contributed by atoms with van der Waals surface area (Å²) in [5.41, 5.74) is 0.674. The molecule has 116 valence electrons. The predicted octanol–water partition coefficient (Wildman–Crippen LogP) is 2.37. The predicted molar refractivity (Wildman–Crippen MR) is 81.5 cm³/mol. The Kier molecular flexibility index (Phi) is 4.88. The van der Waals surface area contributed by atoms with Gasteiger partial charge in [0.05, 0.1) is 6.10 Å². The van der Waals surface area contributed by atoms with Gasteiger partial charge in [-0.3, -0.25) is 0 Å². The summed E-state index contributed by atoms with van der Waals surface area (Å²) in [6, 6.07) is 6.85. The Morgan fingerprint density at radius 2 is 2.19 bits per heavy atom. The van der Waals surface area contributed by atoms with Gasteiger partial charge in [-0.2, -0.15) is 0 Å². The second-order valence-corrected chi connectivity index (χ2v) is 6.50. The number of hydrogen-bond acceptors (Lipinski definition) is 3. The van der Waals surface area contributed by atoms with Gasteiger partial charge in [0.2, 0.25) is 0 Å². The van der Waals surface area contributed by atoms with Crippen LogP contribution >= 0.6 is 0 Å². The second kappa shape index (κ2) is 6.86. The van der Waals surface area contributed by atoms with Gasteiger partial charge in [-0.25, -0.2) is 4.39 Å². The average molecular weight is 292 g/mol. The second-order valence-electron chi connectivity index (χ2n) is 6.50. The molecule has 0 unspecified atom stereocenters. The molecule has 0 spiro atoms. The number of aliphatic hydroxyl groups excluding tert-OH is 1. The first-order chi connectivity index (χ1) is 10.2. The quantitative estimate of drug-likeness (QED) is 0.798. The topological polar surface area (TPSA) is 44.3 Å². The van der Waals surface area contributed by atoms with E-state index >= 15 is 0 Å². The minimum absolute atomic E-state index is 0.0494. The maximum Gasteiger partial charge on any atom is 0.123 e. The molecule has 2 aliphatic rings. The number of benzene rings is 1. The molecule has 2 saturated heterocycles. The Hall–Kier alpha value is -0.970. The third-order valence-electron chi connectivity index (χ3n) is 4.86. The summed E-state index contributed by atoms with van der Waals surface area (Å²) in [6.07, 6.45) is 5.21. The lowest BCUT2D eigenvalue weighted by Gasteiger charge is -2.26. The van der Waals surface area contributed by atoms with Crippen LogP contribution in [-0.4, -0.2) is 30.3 Å². The Labute approximate surface area is 125 Å². The van der Waals surface area contributed by atoms with Crippen LogP contribution in [0.25, 0.3) is 0 Å². The van der Waals surface area contributed by atoms with E-state index in [1.165, 1.54) is 31.4 Å². The fourth-order valence-electron chi connectivity index (χ4n) is 3.74. The molecule has 3 nitrogen and oxygen atoms in total. The molecule has 2 aliphatic heterocycles. The fourth-order valence-corrected chi connectivity index (χ4v) is 3.74. The van der Waals surface area contributed by atoms with Crippen molar-refractivity contribution in [2.75, 3.05) is 13.1 Å². The molecule has 0 saturated carbocycles. The van der Waals surface area contributed by atoms with Crippen LogP contribution in [0.1, 0.15) is 43.8 Å². The van der Waals surface area contributed by atoms with E-state index < -0.39 is 6.10 Å². The fraction of sp³-hybridized carbons (Fsp3) is 0.647. The van der Waals surface area contributed by atoms with Gasteiger partial charge in [0.1, 0.15) is 5.82 Å². The first-order valence-corrected chi connectivity index (χ1v) is 8.12. The Balaban J connectivity index is 1.53. The van der Waals surface area contributed by atoms with Crippen molar-refractivity contribution in [1.82, 2.24) is 10.6 Å². The van der Waals surface area contributed by atoms with Gasteiger partial charge in [0.25, 0.3) is 0 Å². The van der Waals surface area contributed by atoms with Crippen LogP contribution in [-0.2, 0) is 0 Å². The highest BCUT2D eigenvalue weighted by atomic mass is 19.1. The van der Waals surface area contributed by atoms with Crippen LogP contribution in [0, 0.1) is 11.7 Å². The summed E-state index contributed by atoms with van der Waals surface area (Å²) in [5.74, 6) is 0.468. The SMILES string of the molecule is O[C@@H](c1cccc(F)c1)[C@H]1CC[C@@H](C[C@H]2CCCNC2)N1. The minimum Gasteiger partial charge on any atom is -0.387 e. The number of aliphatic hydroxyl groups is 1. The van der Waals surface area contributed by atoms with Crippen LogP contribution in [0.2, 0.25) is 0 Å². The summed E-state index contributed by atoms with van der Waals surface area (Å²) in [5, 5.41) is 17.4. The molecule has 4 heteroatoms. The lowest BCUT2D eigenvalue weighted by Crippen LogP contribution is -2.38. The summed E-state index contributed by atoms with van der Waals surface area (Å²) in [6.45, 7) is 2.27. The van der Waals surface area contributed by atoms with Crippen molar-refractivity contribution in [3.63, 3.8) is 0 Å². The molecule has 0 radical (unpaired) electrons. The van der Waals surface area contributed by atoms with Gasteiger partial charge in [0, 0.05) is 12.1 Å². The molecular weight excluding hydrogens is 267 g/mol. The molecule has 0 aliphatic carbocycles. The van der Waals surface area contributed by atoms with E-state index in [0.717, 1.165) is 31.8 Å². The van der Waals surface area contributed by atoms with E-state index in [-0.39, 0.29) is 11.9 Å². The lowest BCUT2D eigenvalue weighted by molar-refractivity contribution is 0.133. The molecule has 2 heterocycles. The van der Waals surface area contributed by atoms with E-state index in [1.807, 2.05) is 0 Å². The number of hydrogen-bond donors (Lipinski definition) is 3. The highest BCUT2D eigenvalue weighted by Gasteiger charge is 2.31. The van der Waals surface area contributed by atoms with E-state index in [0.29, 0.717) is 11.6 Å². The van der Waals surface area contributed by atoms with Crippen LogP contribution < -0.4 is 10.6 Å². The first-order valence-electron chi connectivity index (χ1n) is 8.12. The number of halogens is 1. The van der Waals surface area contributed by atoms with Crippen molar-refractivity contribution in [2.24, 2.45) is 5.92 Å². The molecule has 21 heavy (non-hydrogen) atoms. The molecule has 3 N–H and O–H groups in total. The summed E-state index contributed by atoms with van der Waals surface area (Å²) in [4.78, 5) is 0. The van der Waals surface area contributed by atoms with Gasteiger partial charge >= 0.3 is 0 Å². The standard InChI is InChI=1S/C17H25FN2O/c18-14-5-1-4-13(10-14)17(21)16-7-6-15(20-16)9-12-3-2-8-19-11-12/h1,4-5,10,12,15-17,19-21H,2-3,6-9,11H2/t12-,15+,16-,17+/m1/s1. The zero-order valence-corrected chi connectivity index (χ0v) is 12.4. The highest BCUT2D eigenvalue weighted by molar-refractivity contribution is 5.20.